The number of likely N-dealkylation sites (tertiary alicyclic amines) is 1. The van der Waals surface area contributed by atoms with E-state index in [2.05, 4.69) is 29.2 Å². The van der Waals surface area contributed by atoms with E-state index in [0.717, 1.165) is 31.1 Å². The molecule has 228 valence electrons. The zero-order valence-electron chi connectivity index (χ0n) is 25.4. The molecule has 10 heteroatoms. The number of Topliss-reactive ketones (excluding diaryl/α,β-unsaturated/α-hetero) is 1. The van der Waals surface area contributed by atoms with Crippen molar-refractivity contribution < 1.29 is 33.4 Å². The van der Waals surface area contributed by atoms with Crippen LogP contribution in [0.2, 0.25) is 0 Å². The third kappa shape index (κ3) is 6.03. The summed E-state index contributed by atoms with van der Waals surface area (Å²) in [4.78, 5) is 67.8. The fourth-order valence-electron chi connectivity index (χ4n) is 7.05. The summed E-state index contributed by atoms with van der Waals surface area (Å²) in [5.41, 5.74) is 1.36. The first-order chi connectivity index (χ1) is 19.7. The minimum Gasteiger partial charge on any atom is -0.463 e. The molecule has 5 rings (SSSR count). The third-order valence-corrected chi connectivity index (χ3v) is 9.54. The molecule has 10 nitrogen and oxygen atoms in total. The normalized spacial score (nSPS) is 25.5. The molecule has 0 spiro atoms. The first kappa shape index (κ1) is 30.0. The Morgan fingerprint density at radius 2 is 1.64 bits per heavy atom. The van der Waals surface area contributed by atoms with Gasteiger partial charge in [0.1, 0.15) is 17.7 Å². The van der Waals surface area contributed by atoms with E-state index in [4.69, 9.17) is 4.74 Å². The number of benzene rings is 1. The Labute approximate surface area is 247 Å². The van der Waals surface area contributed by atoms with Crippen LogP contribution in [0.3, 0.4) is 0 Å². The number of alkyl carbamates (subject to hydrolysis) is 1. The lowest BCUT2D eigenvalue weighted by Crippen LogP contribution is -2.59. The van der Waals surface area contributed by atoms with Gasteiger partial charge in [0.05, 0.1) is 13.2 Å². The first-order valence-electron chi connectivity index (χ1n) is 15.0. The van der Waals surface area contributed by atoms with E-state index in [-0.39, 0.29) is 35.0 Å². The molecule has 2 N–H and O–H groups in total. The average Bonchev–Trinajstić information content (AvgIpc) is 3.67. The molecule has 3 aliphatic carbocycles. The Hall–Kier alpha value is -3.43. The third-order valence-electron chi connectivity index (χ3n) is 9.54. The number of esters is 1. The highest BCUT2D eigenvalue weighted by Gasteiger charge is 2.70. The van der Waals surface area contributed by atoms with Crippen molar-refractivity contribution in [1.82, 2.24) is 15.5 Å². The summed E-state index contributed by atoms with van der Waals surface area (Å²) in [5, 5.41) is 5.68. The molecule has 1 aliphatic heterocycles. The molecule has 1 aromatic rings. The van der Waals surface area contributed by atoms with Crippen LogP contribution in [0, 0.1) is 29.1 Å². The Bertz CT molecular complexity index is 1260. The van der Waals surface area contributed by atoms with Crippen LogP contribution >= 0.6 is 0 Å². The smallest absolute Gasteiger partial charge is 0.408 e. The molecule has 4 aliphatic rings. The van der Waals surface area contributed by atoms with E-state index in [1.165, 1.54) is 0 Å². The number of nitrogens with zero attached hydrogens (tertiary/aromatic N) is 1. The van der Waals surface area contributed by atoms with E-state index in [1.807, 2.05) is 24.3 Å². The number of nitrogens with one attached hydrogen (secondary N) is 2. The zero-order chi connectivity index (χ0) is 30.6. The van der Waals surface area contributed by atoms with Gasteiger partial charge in [-0.3, -0.25) is 14.4 Å². The molecule has 0 bridgehead atoms. The number of methoxy groups -OCH3 is 1. The molecule has 1 saturated heterocycles. The van der Waals surface area contributed by atoms with Gasteiger partial charge >= 0.3 is 12.1 Å². The van der Waals surface area contributed by atoms with E-state index in [9.17, 15) is 24.0 Å². The molecule has 1 aromatic carbocycles. The summed E-state index contributed by atoms with van der Waals surface area (Å²) in [6.45, 7) is 9.82. The van der Waals surface area contributed by atoms with E-state index >= 15 is 0 Å². The van der Waals surface area contributed by atoms with Crippen molar-refractivity contribution >= 4 is 29.7 Å². The monoisotopic (exact) mass is 581 g/mol. The molecule has 3 fully saturated rings. The number of hydrogen-bond acceptors (Lipinski definition) is 7. The van der Waals surface area contributed by atoms with Crippen molar-refractivity contribution in [2.75, 3.05) is 13.7 Å². The predicted octanol–water partition coefficient (Wildman–Crippen LogP) is 2.80. The van der Waals surface area contributed by atoms with Crippen LogP contribution in [0.25, 0.3) is 0 Å². The van der Waals surface area contributed by atoms with Gasteiger partial charge in [0.2, 0.25) is 11.8 Å². The average molecular weight is 582 g/mol. The molecule has 5 unspecified atom stereocenters. The number of amides is 3. The molecule has 3 amide bonds. The van der Waals surface area contributed by atoms with Gasteiger partial charge in [-0.05, 0) is 80.2 Å². The Kier molecular flexibility index (Phi) is 7.87. The fraction of sp³-hybridized carbons (Fsp3) is 0.656. The summed E-state index contributed by atoms with van der Waals surface area (Å²) >= 11 is 0. The Morgan fingerprint density at radius 3 is 2.19 bits per heavy atom. The van der Waals surface area contributed by atoms with Crippen LogP contribution in [-0.4, -0.2) is 71.9 Å². The number of carbonyl (C=O) groups excluding carboxylic acids is 5. The number of fused-ring (bicyclic) bond motifs is 2. The second kappa shape index (κ2) is 11.0. The fourth-order valence-corrected chi connectivity index (χ4v) is 7.05. The maximum absolute atomic E-state index is 14.4. The van der Waals surface area contributed by atoms with Crippen molar-refractivity contribution in [1.29, 1.82) is 0 Å². The van der Waals surface area contributed by atoms with Gasteiger partial charge in [-0.1, -0.05) is 51.0 Å². The molecule has 42 heavy (non-hydrogen) atoms. The van der Waals surface area contributed by atoms with Crippen molar-refractivity contribution in [2.45, 2.75) is 90.4 Å². The Morgan fingerprint density at radius 1 is 1.02 bits per heavy atom. The van der Waals surface area contributed by atoms with E-state index < -0.39 is 47.5 Å². The molecule has 1 heterocycles. The lowest BCUT2D eigenvalue weighted by molar-refractivity contribution is -0.153. The van der Waals surface area contributed by atoms with Gasteiger partial charge < -0.3 is 25.0 Å². The number of carbonyl (C=O) groups is 5. The standard InChI is InChI=1S/C32H43N3O7/c1-31(2,3)42-30(40)34-24(20-14-18-9-7-8-10-19(18)15-20)28(38)35-16-21-23(32(21,4)5)25(35)27(37)33-22(13-17-11-12-17)26(36)29(39)41-6/h7-10,17,20-25H,11-16H2,1-6H3,(H,33,37)(H,34,40). The second-order valence-corrected chi connectivity index (χ2v) is 14.0. The summed E-state index contributed by atoms with van der Waals surface area (Å²) in [6, 6.07) is 5.26. The lowest BCUT2D eigenvalue weighted by atomic mass is 9.93. The molecule has 2 saturated carbocycles. The Balaban J connectivity index is 1.39. The lowest BCUT2D eigenvalue weighted by Gasteiger charge is -2.35. The molecule has 5 atom stereocenters. The van der Waals surface area contributed by atoms with Gasteiger partial charge in [-0.2, -0.15) is 0 Å². The van der Waals surface area contributed by atoms with Crippen molar-refractivity contribution in [2.24, 2.45) is 29.1 Å². The van der Waals surface area contributed by atoms with Gasteiger partial charge in [0.25, 0.3) is 5.78 Å². The van der Waals surface area contributed by atoms with Crippen LogP contribution in [-0.2, 0) is 41.5 Å². The van der Waals surface area contributed by atoms with Gasteiger partial charge in [0, 0.05) is 6.54 Å². The highest BCUT2D eigenvalue weighted by atomic mass is 16.6. The quantitative estimate of drug-likeness (QED) is 0.339. The maximum atomic E-state index is 14.4. The second-order valence-electron chi connectivity index (χ2n) is 14.0. The number of rotatable bonds is 9. The van der Waals surface area contributed by atoms with Gasteiger partial charge in [-0.15, -0.1) is 0 Å². The summed E-state index contributed by atoms with van der Waals surface area (Å²) in [7, 11) is 1.14. The molecular formula is C32H43N3O7. The number of ketones is 1. The topological polar surface area (TPSA) is 131 Å². The van der Waals surface area contributed by atoms with Crippen LogP contribution < -0.4 is 10.6 Å². The highest BCUT2D eigenvalue weighted by molar-refractivity contribution is 6.36. The largest absolute Gasteiger partial charge is 0.463 e. The molecule has 0 radical (unpaired) electrons. The summed E-state index contributed by atoms with van der Waals surface area (Å²) in [6.07, 6.45) is 2.78. The minimum atomic E-state index is -1.00. The number of hydrogen-bond donors (Lipinski definition) is 2. The van der Waals surface area contributed by atoms with E-state index in [1.54, 1.807) is 25.7 Å². The van der Waals surface area contributed by atoms with Crippen molar-refractivity contribution in [3.05, 3.63) is 35.4 Å². The SMILES string of the molecule is COC(=O)C(=O)C(CC1CC1)NC(=O)C1C2C(CN1C(=O)C(NC(=O)OC(C)(C)C)C1Cc3ccccc3C1)C2(C)C. The van der Waals surface area contributed by atoms with Crippen molar-refractivity contribution in [3.63, 3.8) is 0 Å². The van der Waals surface area contributed by atoms with Crippen LogP contribution in [0.4, 0.5) is 4.79 Å². The molecular weight excluding hydrogens is 538 g/mol. The number of ether oxygens (including phenoxy) is 2. The summed E-state index contributed by atoms with van der Waals surface area (Å²) < 4.78 is 10.2. The van der Waals surface area contributed by atoms with Crippen LogP contribution in [0.1, 0.15) is 65.0 Å². The first-order valence-corrected chi connectivity index (χ1v) is 15.0. The van der Waals surface area contributed by atoms with E-state index in [0.29, 0.717) is 25.8 Å². The van der Waals surface area contributed by atoms with Crippen LogP contribution in [0.5, 0.6) is 0 Å². The van der Waals surface area contributed by atoms with Gasteiger partial charge in [-0.25, -0.2) is 9.59 Å². The number of piperidine rings is 1. The summed E-state index contributed by atoms with van der Waals surface area (Å²) in [5.74, 6) is -2.49. The zero-order valence-corrected chi connectivity index (χ0v) is 25.4. The minimum absolute atomic E-state index is 0.0980. The highest BCUT2D eigenvalue weighted by Crippen LogP contribution is 2.65. The maximum Gasteiger partial charge on any atom is 0.408 e. The van der Waals surface area contributed by atoms with Gasteiger partial charge in [0.15, 0.2) is 0 Å². The van der Waals surface area contributed by atoms with Crippen molar-refractivity contribution in [3.8, 4) is 0 Å². The molecule has 0 aromatic heterocycles. The predicted molar refractivity (Wildman–Crippen MR) is 153 cm³/mol. The van der Waals surface area contributed by atoms with Crippen LogP contribution in [0.15, 0.2) is 24.3 Å².